The van der Waals surface area contributed by atoms with E-state index in [1.165, 1.54) is 18.5 Å². The molecule has 0 bridgehead atoms. The second kappa shape index (κ2) is 3.91. The van der Waals surface area contributed by atoms with Crippen LogP contribution in [-0.2, 0) is 0 Å². The van der Waals surface area contributed by atoms with Crippen LogP contribution in [0.2, 0.25) is 0 Å². The van der Waals surface area contributed by atoms with Crippen LogP contribution in [0.4, 0.5) is 21.7 Å². The Kier molecular flexibility index (Phi) is 2.45. The van der Waals surface area contributed by atoms with E-state index >= 15 is 0 Å². The Morgan fingerprint density at radius 3 is 2.53 bits per heavy atom. The largest absolute Gasteiger partial charge is 0.384 e. The van der Waals surface area contributed by atoms with Gasteiger partial charge in [0.25, 0.3) is 0 Å². The van der Waals surface area contributed by atoms with Crippen molar-refractivity contribution >= 4 is 17.3 Å². The number of anilines is 3. The molecular weight excluding hydrogens is 195 g/mol. The van der Waals surface area contributed by atoms with Gasteiger partial charge in [0.05, 0.1) is 0 Å². The average Bonchev–Trinajstić information content (AvgIpc) is 2.22. The highest BCUT2D eigenvalue weighted by Crippen LogP contribution is 2.15. The molecule has 0 aliphatic rings. The summed E-state index contributed by atoms with van der Waals surface area (Å²) in [4.78, 5) is 7.72. The van der Waals surface area contributed by atoms with Gasteiger partial charge < -0.3 is 11.1 Å². The lowest BCUT2D eigenvalue weighted by atomic mass is 10.3. The Labute approximate surface area is 86.0 Å². The van der Waals surface area contributed by atoms with Gasteiger partial charge in [0.1, 0.15) is 23.8 Å². The van der Waals surface area contributed by atoms with Crippen LogP contribution in [0.15, 0.2) is 36.7 Å². The summed E-state index contributed by atoms with van der Waals surface area (Å²) in [5.41, 5.74) is 6.23. The Morgan fingerprint density at radius 1 is 1.13 bits per heavy atom. The molecule has 0 amide bonds. The van der Waals surface area contributed by atoms with Crippen molar-refractivity contribution in [3.63, 3.8) is 0 Å². The maximum atomic E-state index is 12.6. The molecule has 0 fully saturated rings. The molecule has 0 aliphatic carbocycles. The van der Waals surface area contributed by atoms with Crippen molar-refractivity contribution in [2.24, 2.45) is 0 Å². The summed E-state index contributed by atoms with van der Waals surface area (Å²) < 4.78 is 12.6. The Bertz CT molecular complexity index is 455. The maximum absolute atomic E-state index is 12.6. The van der Waals surface area contributed by atoms with E-state index in [4.69, 9.17) is 5.73 Å². The molecule has 3 N–H and O–H groups in total. The van der Waals surface area contributed by atoms with Gasteiger partial charge in [0.15, 0.2) is 0 Å². The van der Waals surface area contributed by atoms with Crippen molar-refractivity contribution in [3.05, 3.63) is 42.5 Å². The van der Waals surface area contributed by atoms with Crippen LogP contribution in [0, 0.1) is 5.82 Å². The van der Waals surface area contributed by atoms with Crippen molar-refractivity contribution < 1.29 is 4.39 Å². The van der Waals surface area contributed by atoms with E-state index in [-0.39, 0.29) is 5.82 Å². The molecule has 0 saturated heterocycles. The van der Waals surface area contributed by atoms with Gasteiger partial charge in [-0.2, -0.15) is 0 Å². The van der Waals surface area contributed by atoms with E-state index in [0.29, 0.717) is 11.6 Å². The standard InChI is InChI=1S/C10H9FN4/c11-7-1-3-8(4-2-7)15-10-5-9(12)13-6-14-10/h1-6H,(H3,12,13,14,15). The maximum Gasteiger partial charge on any atom is 0.135 e. The molecule has 4 nitrogen and oxygen atoms in total. The average molecular weight is 204 g/mol. The number of aromatic nitrogens is 2. The lowest BCUT2D eigenvalue weighted by molar-refractivity contribution is 0.628. The summed E-state index contributed by atoms with van der Waals surface area (Å²) in [5.74, 6) is 0.687. The first-order chi connectivity index (χ1) is 7.24. The van der Waals surface area contributed by atoms with Gasteiger partial charge in [-0.1, -0.05) is 0 Å². The summed E-state index contributed by atoms with van der Waals surface area (Å²) in [6.45, 7) is 0. The van der Waals surface area contributed by atoms with E-state index in [2.05, 4.69) is 15.3 Å². The zero-order chi connectivity index (χ0) is 10.7. The molecule has 5 heteroatoms. The number of benzene rings is 1. The smallest absolute Gasteiger partial charge is 0.135 e. The molecule has 0 atom stereocenters. The number of halogens is 1. The van der Waals surface area contributed by atoms with Gasteiger partial charge in [-0.25, -0.2) is 14.4 Å². The van der Waals surface area contributed by atoms with Crippen LogP contribution in [0.5, 0.6) is 0 Å². The first-order valence-corrected chi connectivity index (χ1v) is 4.34. The molecule has 15 heavy (non-hydrogen) atoms. The van der Waals surface area contributed by atoms with Crippen molar-refractivity contribution in [1.29, 1.82) is 0 Å². The van der Waals surface area contributed by atoms with Crippen LogP contribution in [-0.4, -0.2) is 9.97 Å². The highest BCUT2D eigenvalue weighted by atomic mass is 19.1. The van der Waals surface area contributed by atoms with Crippen molar-refractivity contribution in [3.8, 4) is 0 Å². The van der Waals surface area contributed by atoms with Gasteiger partial charge in [-0.15, -0.1) is 0 Å². The topological polar surface area (TPSA) is 63.8 Å². The third-order valence-corrected chi connectivity index (χ3v) is 1.80. The minimum atomic E-state index is -0.275. The number of nitrogens with two attached hydrogens (primary N) is 1. The minimum absolute atomic E-state index is 0.275. The summed E-state index contributed by atoms with van der Waals surface area (Å²) >= 11 is 0. The summed E-state index contributed by atoms with van der Waals surface area (Å²) in [7, 11) is 0. The number of hydrogen-bond acceptors (Lipinski definition) is 4. The van der Waals surface area contributed by atoms with E-state index in [1.54, 1.807) is 18.2 Å². The minimum Gasteiger partial charge on any atom is -0.384 e. The number of rotatable bonds is 2. The molecule has 1 heterocycles. The number of nitrogen functional groups attached to an aromatic ring is 1. The Morgan fingerprint density at radius 2 is 1.87 bits per heavy atom. The predicted molar refractivity (Wildman–Crippen MR) is 56.1 cm³/mol. The summed E-state index contributed by atoms with van der Waals surface area (Å²) in [6.07, 6.45) is 1.36. The Balaban J connectivity index is 2.18. The summed E-state index contributed by atoms with van der Waals surface area (Å²) in [6, 6.07) is 7.57. The molecule has 1 aromatic carbocycles. The normalized spacial score (nSPS) is 9.93. The second-order valence-electron chi connectivity index (χ2n) is 2.96. The quantitative estimate of drug-likeness (QED) is 0.784. The molecule has 0 spiro atoms. The van der Waals surface area contributed by atoms with Crippen LogP contribution in [0.3, 0.4) is 0 Å². The van der Waals surface area contributed by atoms with Gasteiger partial charge in [0.2, 0.25) is 0 Å². The zero-order valence-electron chi connectivity index (χ0n) is 7.81. The fraction of sp³-hybridized carbons (Fsp3) is 0. The van der Waals surface area contributed by atoms with E-state index in [9.17, 15) is 4.39 Å². The number of nitrogens with one attached hydrogen (secondary N) is 1. The predicted octanol–water partition coefficient (Wildman–Crippen LogP) is 1.94. The van der Waals surface area contributed by atoms with E-state index in [1.807, 2.05) is 0 Å². The first-order valence-electron chi connectivity index (χ1n) is 4.34. The molecule has 2 rings (SSSR count). The third-order valence-electron chi connectivity index (χ3n) is 1.80. The Hall–Kier alpha value is -2.17. The fourth-order valence-corrected chi connectivity index (χ4v) is 1.12. The van der Waals surface area contributed by atoms with Gasteiger partial charge in [-0.3, -0.25) is 0 Å². The third kappa shape index (κ3) is 2.40. The fourth-order valence-electron chi connectivity index (χ4n) is 1.12. The zero-order valence-corrected chi connectivity index (χ0v) is 7.81. The summed E-state index contributed by atoms with van der Waals surface area (Å²) in [5, 5.41) is 2.97. The highest BCUT2D eigenvalue weighted by Gasteiger charge is 1.97. The van der Waals surface area contributed by atoms with Crippen LogP contribution >= 0.6 is 0 Å². The molecule has 0 radical (unpaired) electrons. The van der Waals surface area contributed by atoms with Crippen molar-refractivity contribution in [2.45, 2.75) is 0 Å². The number of nitrogens with zero attached hydrogens (tertiary/aromatic N) is 2. The van der Waals surface area contributed by atoms with Gasteiger partial charge in [0, 0.05) is 11.8 Å². The van der Waals surface area contributed by atoms with Crippen molar-refractivity contribution in [2.75, 3.05) is 11.1 Å². The van der Waals surface area contributed by atoms with Gasteiger partial charge >= 0.3 is 0 Å². The molecule has 0 saturated carbocycles. The molecule has 0 unspecified atom stereocenters. The lowest BCUT2D eigenvalue weighted by Crippen LogP contribution is -1.97. The second-order valence-corrected chi connectivity index (χ2v) is 2.96. The van der Waals surface area contributed by atoms with E-state index in [0.717, 1.165) is 5.69 Å². The SMILES string of the molecule is Nc1cc(Nc2ccc(F)cc2)ncn1. The molecule has 76 valence electrons. The lowest BCUT2D eigenvalue weighted by Gasteiger charge is -2.04. The molecule has 2 aromatic rings. The molecular formula is C10H9FN4. The molecule has 0 aliphatic heterocycles. The van der Waals surface area contributed by atoms with Gasteiger partial charge in [-0.05, 0) is 24.3 Å². The first kappa shape index (κ1) is 9.39. The monoisotopic (exact) mass is 204 g/mol. The van der Waals surface area contributed by atoms with E-state index < -0.39 is 0 Å². The van der Waals surface area contributed by atoms with Crippen LogP contribution < -0.4 is 11.1 Å². The highest BCUT2D eigenvalue weighted by molar-refractivity contribution is 5.57. The van der Waals surface area contributed by atoms with Crippen LogP contribution in [0.1, 0.15) is 0 Å². The number of hydrogen-bond donors (Lipinski definition) is 2. The van der Waals surface area contributed by atoms with Crippen LogP contribution in [0.25, 0.3) is 0 Å². The molecule has 1 aromatic heterocycles. The van der Waals surface area contributed by atoms with Crippen molar-refractivity contribution in [1.82, 2.24) is 9.97 Å².